The van der Waals surface area contributed by atoms with Crippen molar-refractivity contribution >= 4 is 5.91 Å². The van der Waals surface area contributed by atoms with Crippen LogP contribution < -0.4 is 0 Å². The van der Waals surface area contributed by atoms with Crippen molar-refractivity contribution in [1.29, 1.82) is 5.26 Å². The second kappa shape index (κ2) is 6.36. The van der Waals surface area contributed by atoms with Gasteiger partial charge in [-0.15, -0.1) is 0 Å². The Morgan fingerprint density at radius 3 is 2.53 bits per heavy atom. The molecule has 0 radical (unpaired) electrons. The number of aliphatic hydroxyl groups is 1. The number of carbonyl (C=O) groups excluding carboxylic acids is 1. The first-order valence-electron chi connectivity index (χ1n) is 7.15. The van der Waals surface area contributed by atoms with Crippen LogP contribution in [0.5, 0.6) is 0 Å². The van der Waals surface area contributed by atoms with Crippen LogP contribution in [0.3, 0.4) is 0 Å². The normalized spacial score (nSPS) is 23.3. The van der Waals surface area contributed by atoms with Crippen LogP contribution in [-0.4, -0.2) is 48.3 Å². The zero-order chi connectivity index (χ0) is 13.7. The molecule has 2 fully saturated rings. The van der Waals surface area contributed by atoms with E-state index in [4.69, 9.17) is 9.84 Å². The minimum Gasteiger partial charge on any atom is -0.394 e. The summed E-state index contributed by atoms with van der Waals surface area (Å²) in [6.45, 7) is 1.73. The molecule has 106 valence electrons. The molecular weight excluding hydrogens is 244 g/mol. The molecule has 1 heterocycles. The Bertz CT molecular complexity index is 350. The summed E-state index contributed by atoms with van der Waals surface area (Å²) in [7, 11) is 0. The largest absolute Gasteiger partial charge is 0.394 e. The van der Waals surface area contributed by atoms with Crippen LogP contribution in [0.25, 0.3) is 0 Å². The Morgan fingerprint density at radius 1 is 1.37 bits per heavy atom. The zero-order valence-electron chi connectivity index (χ0n) is 11.3. The van der Waals surface area contributed by atoms with Gasteiger partial charge in [0, 0.05) is 13.1 Å². The molecule has 5 heteroatoms. The zero-order valence-corrected chi connectivity index (χ0v) is 11.3. The number of nitrogens with zero attached hydrogens (tertiary/aromatic N) is 2. The number of amides is 1. The molecule has 0 spiro atoms. The molecular formula is C14H22N2O3. The molecule has 0 aromatic heterocycles. The first-order chi connectivity index (χ1) is 9.22. The lowest BCUT2D eigenvalue weighted by Crippen LogP contribution is -2.47. The Hall–Kier alpha value is -1.12. The first-order valence-corrected chi connectivity index (χ1v) is 7.15. The van der Waals surface area contributed by atoms with E-state index in [1.165, 1.54) is 0 Å². The highest BCUT2D eigenvalue weighted by Gasteiger charge is 2.44. The average molecular weight is 266 g/mol. The highest BCUT2D eigenvalue weighted by Crippen LogP contribution is 2.39. The summed E-state index contributed by atoms with van der Waals surface area (Å²) in [4.78, 5) is 14.3. The van der Waals surface area contributed by atoms with Gasteiger partial charge in [0.15, 0.2) is 0 Å². The standard InChI is InChI=1S/C14H22N2O3/c15-11-14(5-1-2-6-14)13(18)16-7-3-12(4-8-16)19-10-9-17/h12,17H,1-10H2. The third kappa shape index (κ3) is 3.07. The molecule has 1 saturated carbocycles. The summed E-state index contributed by atoms with van der Waals surface area (Å²) >= 11 is 0. The van der Waals surface area contributed by atoms with E-state index in [0.29, 0.717) is 32.5 Å². The summed E-state index contributed by atoms with van der Waals surface area (Å²) in [6, 6.07) is 2.26. The lowest BCUT2D eigenvalue weighted by atomic mass is 9.85. The van der Waals surface area contributed by atoms with Crippen molar-refractivity contribution in [3.63, 3.8) is 0 Å². The Balaban J connectivity index is 1.87. The molecule has 1 aliphatic carbocycles. The SMILES string of the molecule is N#CC1(C(=O)N2CCC(OCCO)CC2)CCCC1. The third-order valence-corrected chi connectivity index (χ3v) is 4.25. The Morgan fingerprint density at radius 2 is 2.00 bits per heavy atom. The van der Waals surface area contributed by atoms with Crippen molar-refractivity contribution < 1.29 is 14.6 Å². The van der Waals surface area contributed by atoms with Crippen molar-refractivity contribution in [1.82, 2.24) is 4.90 Å². The van der Waals surface area contributed by atoms with Crippen molar-refractivity contribution in [2.75, 3.05) is 26.3 Å². The van der Waals surface area contributed by atoms with Gasteiger partial charge in [-0.05, 0) is 25.7 Å². The second-order valence-corrected chi connectivity index (χ2v) is 5.49. The topological polar surface area (TPSA) is 73.6 Å². The monoisotopic (exact) mass is 266 g/mol. The van der Waals surface area contributed by atoms with Crippen LogP contribution in [0.4, 0.5) is 0 Å². The molecule has 1 N–H and O–H groups in total. The van der Waals surface area contributed by atoms with Crippen molar-refractivity contribution in [2.45, 2.75) is 44.6 Å². The lowest BCUT2D eigenvalue weighted by molar-refractivity contribution is -0.141. The number of likely N-dealkylation sites (tertiary alicyclic amines) is 1. The van der Waals surface area contributed by atoms with Crippen LogP contribution in [-0.2, 0) is 9.53 Å². The average Bonchev–Trinajstić information content (AvgIpc) is 2.95. The molecule has 0 aromatic carbocycles. The molecule has 1 aliphatic heterocycles. The first kappa shape index (κ1) is 14.3. The summed E-state index contributed by atoms with van der Waals surface area (Å²) in [5.74, 6) is 0.0214. The van der Waals surface area contributed by atoms with E-state index < -0.39 is 5.41 Å². The molecule has 0 aromatic rings. The Kier molecular flexibility index (Phi) is 4.78. The number of hydrogen-bond acceptors (Lipinski definition) is 4. The summed E-state index contributed by atoms with van der Waals surface area (Å²) in [6.07, 6.45) is 5.12. The number of nitriles is 1. The molecule has 5 nitrogen and oxygen atoms in total. The maximum absolute atomic E-state index is 12.5. The fourth-order valence-corrected chi connectivity index (χ4v) is 3.10. The molecule has 2 aliphatic rings. The fraction of sp³-hybridized carbons (Fsp3) is 0.857. The highest BCUT2D eigenvalue weighted by atomic mass is 16.5. The van der Waals surface area contributed by atoms with Gasteiger partial charge in [-0.1, -0.05) is 12.8 Å². The highest BCUT2D eigenvalue weighted by molar-refractivity contribution is 5.85. The maximum atomic E-state index is 12.5. The van der Waals surface area contributed by atoms with Crippen LogP contribution in [0.1, 0.15) is 38.5 Å². The number of piperidine rings is 1. The van der Waals surface area contributed by atoms with Gasteiger partial charge >= 0.3 is 0 Å². The van der Waals surface area contributed by atoms with Crippen LogP contribution in [0, 0.1) is 16.7 Å². The third-order valence-electron chi connectivity index (χ3n) is 4.25. The smallest absolute Gasteiger partial charge is 0.243 e. The van der Waals surface area contributed by atoms with Crippen LogP contribution in [0.2, 0.25) is 0 Å². The number of rotatable bonds is 4. The van der Waals surface area contributed by atoms with Gasteiger partial charge in [-0.25, -0.2) is 0 Å². The predicted molar refractivity (Wildman–Crippen MR) is 69.2 cm³/mol. The fourth-order valence-electron chi connectivity index (χ4n) is 3.10. The molecule has 19 heavy (non-hydrogen) atoms. The number of ether oxygens (including phenoxy) is 1. The number of aliphatic hydroxyl groups excluding tert-OH is 1. The molecule has 0 atom stereocenters. The summed E-state index contributed by atoms with van der Waals surface area (Å²) in [5.41, 5.74) is -0.751. The van der Waals surface area contributed by atoms with Gasteiger partial charge in [0.05, 0.1) is 25.4 Å². The van der Waals surface area contributed by atoms with E-state index in [1.54, 1.807) is 0 Å². The maximum Gasteiger partial charge on any atom is 0.243 e. The number of hydrogen-bond donors (Lipinski definition) is 1. The van der Waals surface area contributed by atoms with Crippen molar-refractivity contribution in [2.24, 2.45) is 5.41 Å². The van der Waals surface area contributed by atoms with E-state index in [9.17, 15) is 10.1 Å². The van der Waals surface area contributed by atoms with Gasteiger partial charge in [0.25, 0.3) is 0 Å². The summed E-state index contributed by atoms with van der Waals surface area (Å²) < 4.78 is 5.48. The van der Waals surface area contributed by atoms with Crippen LogP contribution >= 0.6 is 0 Å². The quantitative estimate of drug-likeness (QED) is 0.826. The van der Waals surface area contributed by atoms with Crippen molar-refractivity contribution in [3.8, 4) is 6.07 Å². The molecule has 1 amide bonds. The van der Waals surface area contributed by atoms with Crippen molar-refractivity contribution in [3.05, 3.63) is 0 Å². The van der Waals surface area contributed by atoms with Gasteiger partial charge in [0.2, 0.25) is 5.91 Å². The van der Waals surface area contributed by atoms with E-state index in [-0.39, 0.29) is 18.6 Å². The van der Waals surface area contributed by atoms with Gasteiger partial charge < -0.3 is 14.7 Å². The van der Waals surface area contributed by atoms with Crippen LogP contribution in [0.15, 0.2) is 0 Å². The lowest BCUT2D eigenvalue weighted by Gasteiger charge is -2.35. The van der Waals surface area contributed by atoms with Gasteiger partial charge in [-0.2, -0.15) is 5.26 Å². The number of carbonyl (C=O) groups is 1. The van der Waals surface area contributed by atoms with E-state index >= 15 is 0 Å². The molecule has 1 saturated heterocycles. The minimum absolute atomic E-state index is 0.0214. The van der Waals surface area contributed by atoms with E-state index in [0.717, 1.165) is 25.7 Å². The predicted octanol–water partition coefficient (Wildman–Crippen LogP) is 1.07. The van der Waals surface area contributed by atoms with Gasteiger partial charge in [0.1, 0.15) is 5.41 Å². The summed E-state index contributed by atoms with van der Waals surface area (Å²) in [5, 5.41) is 18.1. The van der Waals surface area contributed by atoms with E-state index in [2.05, 4.69) is 6.07 Å². The molecule has 0 bridgehead atoms. The second-order valence-electron chi connectivity index (χ2n) is 5.49. The van der Waals surface area contributed by atoms with Gasteiger partial charge in [-0.3, -0.25) is 4.79 Å². The minimum atomic E-state index is -0.751. The van der Waals surface area contributed by atoms with E-state index in [1.807, 2.05) is 4.90 Å². The Labute approximate surface area is 114 Å². The molecule has 2 rings (SSSR count). The molecule has 0 unspecified atom stereocenters.